The molecule has 0 saturated heterocycles. The third-order valence-electron chi connectivity index (χ3n) is 7.07. The summed E-state index contributed by atoms with van der Waals surface area (Å²) in [7, 11) is -2.16. The van der Waals surface area contributed by atoms with Crippen molar-refractivity contribution in [3.05, 3.63) is 23.9 Å². The zero-order valence-corrected chi connectivity index (χ0v) is 21.5. The first kappa shape index (κ1) is 24.5. The average molecular weight is 492 g/mol. The molecule has 2 aromatic rings. The lowest BCUT2D eigenvalue weighted by Gasteiger charge is -2.22. The first-order chi connectivity index (χ1) is 16.0. The summed E-state index contributed by atoms with van der Waals surface area (Å²) in [6.45, 7) is 3.43. The Hall–Kier alpha value is -1.64. The SMILES string of the molecule is COc1ccc(-c2sc(NCC3CCCCC3)nc2C)cc1S(=O)(=O)NCC1CCCCC1. The number of anilines is 1. The van der Waals surface area contributed by atoms with Crippen molar-refractivity contribution in [1.82, 2.24) is 9.71 Å². The number of aromatic nitrogens is 1. The fourth-order valence-electron chi connectivity index (χ4n) is 5.09. The first-order valence-corrected chi connectivity index (χ1v) is 14.7. The second-order valence-electron chi connectivity index (χ2n) is 9.54. The van der Waals surface area contributed by atoms with Crippen LogP contribution >= 0.6 is 11.3 Å². The molecule has 182 valence electrons. The van der Waals surface area contributed by atoms with E-state index < -0.39 is 10.0 Å². The lowest BCUT2D eigenvalue weighted by atomic mass is 9.89. The van der Waals surface area contributed by atoms with Gasteiger partial charge in [-0.1, -0.05) is 49.9 Å². The molecule has 2 N–H and O–H groups in total. The molecule has 1 aromatic carbocycles. The molecule has 0 bridgehead atoms. The topological polar surface area (TPSA) is 80.3 Å². The lowest BCUT2D eigenvalue weighted by Crippen LogP contribution is -2.30. The summed E-state index contributed by atoms with van der Waals surface area (Å²) in [6.07, 6.45) is 12.4. The second-order valence-corrected chi connectivity index (χ2v) is 12.3. The van der Waals surface area contributed by atoms with Crippen molar-refractivity contribution < 1.29 is 13.2 Å². The third kappa shape index (κ3) is 6.28. The predicted octanol–water partition coefficient (Wildman–Crippen LogP) is 5.98. The zero-order chi connectivity index (χ0) is 23.3. The van der Waals surface area contributed by atoms with Crippen molar-refractivity contribution in [3.8, 4) is 16.2 Å². The van der Waals surface area contributed by atoms with Crippen LogP contribution in [0, 0.1) is 18.8 Å². The van der Waals surface area contributed by atoms with E-state index in [0.717, 1.165) is 46.6 Å². The molecule has 1 aromatic heterocycles. The van der Waals surface area contributed by atoms with Gasteiger partial charge in [-0.05, 0) is 68.2 Å². The van der Waals surface area contributed by atoms with Crippen LogP contribution in [0.5, 0.6) is 5.75 Å². The Morgan fingerprint density at radius 2 is 1.64 bits per heavy atom. The summed E-state index contributed by atoms with van der Waals surface area (Å²) >= 11 is 1.59. The van der Waals surface area contributed by atoms with Crippen molar-refractivity contribution >= 4 is 26.5 Å². The zero-order valence-electron chi connectivity index (χ0n) is 19.9. The second kappa shape index (κ2) is 11.2. The Morgan fingerprint density at radius 3 is 2.27 bits per heavy atom. The maximum atomic E-state index is 13.2. The molecule has 0 amide bonds. The van der Waals surface area contributed by atoms with Crippen LogP contribution in [0.4, 0.5) is 5.13 Å². The number of aryl methyl sites for hydroxylation is 1. The molecule has 0 spiro atoms. The van der Waals surface area contributed by atoms with Crippen LogP contribution in [-0.2, 0) is 10.0 Å². The van der Waals surface area contributed by atoms with E-state index in [-0.39, 0.29) is 4.90 Å². The van der Waals surface area contributed by atoms with Crippen LogP contribution < -0.4 is 14.8 Å². The smallest absolute Gasteiger partial charge is 0.244 e. The normalized spacial score (nSPS) is 18.4. The van der Waals surface area contributed by atoms with Gasteiger partial charge in [0.1, 0.15) is 10.6 Å². The molecule has 4 rings (SSSR count). The molecule has 0 radical (unpaired) electrons. The van der Waals surface area contributed by atoms with E-state index in [2.05, 4.69) is 10.0 Å². The van der Waals surface area contributed by atoms with Crippen LogP contribution in [0.3, 0.4) is 0 Å². The van der Waals surface area contributed by atoms with Gasteiger partial charge in [-0.15, -0.1) is 0 Å². The standard InChI is InChI=1S/C25H37N3O3S2/c1-18-24(32-25(28-18)26-16-19-9-5-3-6-10-19)21-13-14-22(31-2)23(15-21)33(29,30)27-17-20-11-7-4-8-12-20/h13-15,19-20,27H,3-12,16-17H2,1-2H3,(H,26,28). The van der Waals surface area contributed by atoms with Gasteiger partial charge >= 0.3 is 0 Å². The summed E-state index contributed by atoms with van der Waals surface area (Å²) < 4.78 is 34.6. The average Bonchev–Trinajstić information content (AvgIpc) is 3.23. The Balaban J connectivity index is 1.50. The van der Waals surface area contributed by atoms with Gasteiger partial charge in [0.05, 0.1) is 17.7 Å². The number of sulfonamides is 1. The van der Waals surface area contributed by atoms with Gasteiger partial charge in [0.25, 0.3) is 0 Å². The summed E-state index contributed by atoms with van der Waals surface area (Å²) in [5, 5.41) is 4.43. The number of rotatable bonds is 9. The van der Waals surface area contributed by atoms with Crippen molar-refractivity contribution in [3.63, 3.8) is 0 Å². The van der Waals surface area contributed by atoms with E-state index in [4.69, 9.17) is 9.72 Å². The minimum atomic E-state index is -3.67. The maximum Gasteiger partial charge on any atom is 0.244 e. The first-order valence-electron chi connectivity index (χ1n) is 12.4. The number of hydrogen-bond donors (Lipinski definition) is 2. The highest BCUT2D eigenvalue weighted by Crippen LogP contribution is 2.37. The van der Waals surface area contributed by atoms with E-state index in [0.29, 0.717) is 18.2 Å². The van der Waals surface area contributed by atoms with Gasteiger partial charge in [-0.3, -0.25) is 0 Å². The van der Waals surface area contributed by atoms with Gasteiger partial charge < -0.3 is 10.1 Å². The maximum absolute atomic E-state index is 13.2. The summed E-state index contributed by atoms with van der Waals surface area (Å²) in [5.74, 6) is 1.51. The quantitative estimate of drug-likeness (QED) is 0.451. The molecule has 1 heterocycles. The molecule has 2 saturated carbocycles. The Kier molecular flexibility index (Phi) is 8.30. The number of nitrogens with one attached hydrogen (secondary N) is 2. The number of ether oxygens (including phenoxy) is 1. The van der Waals surface area contributed by atoms with E-state index >= 15 is 0 Å². The molecule has 0 unspecified atom stereocenters. The molecular weight excluding hydrogens is 454 g/mol. The fraction of sp³-hybridized carbons (Fsp3) is 0.640. The highest BCUT2D eigenvalue weighted by atomic mass is 32.2. The van der Waals surface area contributed by atoms with Crippen LogP contribution in [0.15, 0.2) is 23.1 Å². The van der Waals surface area contributed by atoms with E-state index in [1.165, 1.54) is 58.5 Å². The van der Waals surface area contributed by atoms with Crippen molar-refractivity contribution in [2.75, 3.05) is 25.5 Å². The molecule has 8 heteroatoms. The fourth-order valence-corrected chi connectivity index (χ4v) is 7.37. The molecule has 0 atom stereocenters. The predicted molar refractivity (Wildman–Crippen MR) is 136 cm³/mol. The molecular formula is C25H37N3O3S2. The number of benzene rings is 1. The van der Waals surface area contributed by atoms with E-state index in [1.807, 2.05) is 13.0 Å². The van der Waals surface area contributed by atoms with Gasteiger partial charge in [-0.2, -0.15) is 0 Å². The van der Waals surface area contributed by atoms with Crippen LogP contribution in [-0.4, -0.2) is 33.6 Å². The van der Waals surface area contributed by atoms with Gasteiger partial charge in [-0.25, -0.2) is 18.1 Å². The largest absolute Gasteiger partial charge is 0.495 e. The number of thiazole rings is 1. The highest BCUT2D eigenvalue weighted by Gasteiger charge is 2.24. The Bertz CT molecular complexity index is 1020. The van der Waals surface area contributed by atoms with E-state index in [1.54, 1.807) is 23.5 Å². The number of methoxy groups -OCH3 is 1. The number of nitrogens with zero attached hydrogens (tertiary/aromatic N) is 1. The molecule has 2 aliphatic carbocycles. The van der Waals surface area contributed by atoms with Gasteiger partial charge in [0.2, 0.25) is 10.0 Å². The van der Waals surface area contributed by atoms with Crippen molar-refractivity contribution in [1.29, 1.82) is 0 Å². The minimum Gasteiger partial charge on any atom is -0.495 e. The highest BCUT2D eigenvalue weighted by molar-refractivity contribution is 7.89. The Morgan fingerprint density at radius 1 is 1.00 bits per heavy atom. The summed E-state index contributed by atoms with van der Waals surface area (Å²) in [4.78, 5) is 5.90. The van der Waals surface area contributed by atoms with Crippen molar-refractivity contribution in [2.45, 2.75) is 76.0 Å². The molecule has 2 aliphatic rings. The van der Waals surface area contributed by atoms with E-state index in [9.17, 15) is 8.42 Å². The van der Waals surface area contributed by atoms with Crippen LogP contribution in [0.1, 0.15) is 69.9 Å². The molecule has 0 aliphatic heterocycles. The molecule has 6 nitrogen and oxygen atoms in total. The molecule has 2 fully saturated rings. The van der Waals surface area contributed by atoms with Crippen LogP contribution in [0.25, 0.3) is 10.4 Å². The minimum absolute atomic E-state index is 0.197. The lowest BCUT2D eigenvalue weighted by molar-refractivity contribution is 0.356. The third-order valence-corrected chi connectivity index (χ3v) is 9.67. The number of hydrogen-bond acceptors (Lipinski definition) is 6. The summed E-state index contributed by atoms with van der Waals surface area (Å²) in [6, 6.07) is 5.40. The van der Waals surface area contributed by atoms with Gasteiger partial charge in [0, 0.05) is 13.1 Å². The summed E-state index contributed by atoms with van der Waals surface area (Å²) in [5.41, 5.74) is 1.77. The van der Waals surface area contributed by atoms with Crippen LogP contribution in [0.2, 0.25) is 0 Å². The van der Waals surface area contributed by atoms with Gasteiger partial charge in [0.15, 0.2) is 5.13 Å². The molecule has 33 heavy (non-hydrogen) atoms. The van der Waals surface area contributed by atoms with Crippen molar-refractivity contribution in [2.24, 2.45) is 11.8 Å². The Labute approximate surface area is 202 Å². The monoisotopic (exact) mass is 491 g/mol.